The molecule has 7 nitrogen and oxygen atoms in total. The van der Waals surface area contributed by atoms with Crippen molar-refractivity contribution < 1.29 is 32.0 Å². The molecule has 0 aliphatic heterocycles. The van der Waals surface area contributed by atoms with E-state index in [1.165, 1.54) is 0 Å². The Hall–Kier alpha value is -4.27. The maximum Gasteiger partial charge on any atom is 0.328 e. The van der Waals surface area contributed by atoms with Gasteiger partial charge in [-0.05, 0) is 36.1 Å². The van der Waals surface area contributed by atoms with E-state index < -0.39 is 44.9 Å². The van der Waals surface area contributed by atoms with Gasteiger partial charge in [0.2, 0.25) is 0 Å². The largest absolute Gasteiger partial charge is 0.449 e. The third kappa shape index (κ3) is 6.30. The van der Waals surface area contributed by atoms with Crippen molar-refractivity contribution in [2.75, 3.05) is 0 Å². The summed E-state index contributed by atoms with van der Waals surface area (Å²) < 4.78 is 46.5. The van der Waals surface area contributed by atoms with E-state index >= 15 is 0 Å². The minimum Gasteiger partial charge on any atom is -0.449 e. The third-order valence-electron chi connectivity index (χ3n) is 6.90. The normalized spacial score (nSPS) is 12.8. The van der Waals surface area contributed by atoms with Gasteiger partial charge in [-0.25, -0.2) is 0 Å². The first-order valence-corrected chi connectivity index (χ1v) is 14.2. The van der Waals surface area contributed by atoms with Crippen molar-refractivity contribution in [3.05, 3.63) is 144 Å². The molecule has 40 heavy (non-hydrogen) atoms. The highest BCUT2D eigenvalue weighted by atomic mass is 32.2. The maximum atomic E-state index is 13.4. The van der Waals surface area contributed by atoms with Crippen LogP contribution in [0.5, 0.6) is 0 Å². The number of ether oxygens (including phenoxy) is 2. The molecule has 206 valence electrons. The number of benzene rings is 4. The second-order valence-corrected chi connectivity index (χ2v) is 11.2. The Bertz CT molecular complexity index is 1460. The van der Waals surface area contributed by atoms with E-state index in [2.05, 4.69) is 0 Å². The number of esters is 2. The molecule has 4 rings (SSSR count). The quantitative estimate of drug-likeness (QED) is 0.198. The lowest BCUT2D eigenvalue weighted by Gasteiger charge is -2.33. The SMILES string of the molecule is CC(OC(=O)CC(C(=O)OC(C)(c1ccccc1)c1ccccc1)S(=O)(=O)O)(c1ccccc1)c1ccccc1. The minimum absolute atomic E-state index is 0.576. The highest BCUT2D eigenvalue weighted by Crippen LogP contribution is 2.36. The summed E-state index contributed by atoms with van der Waals surface area (Å²) in [4.78, 5) is 26.7. The van der Waals surface area contributed by atoms with E-state index in [4.69, 9.17) is 9.47 Å². The molecule has 0 bridgehead atoms. The Morgan fingerprint density at radius 1 is 0.625 bits per heavy atom. The lowest BCUT2D eigenvalue weighted by Crippen LogP contribution is -2.41. The van der Waals surface area contributed by atoms with Crippen molar-refractivity contribution in [1.82, 2.24) is 0 Å². The van der Waals surface area contributed by atoms with Gasteiger partial charge in [0.15, 0.2) is 16.5 Å². The molecule has 4 aromatic carbocycles. The fraction of sp³-hybridized carbons (Fsp3) is 0.188. The fourth-order valence-electron chi connectivity index (χ4n) is 4.59. The summed E-state index contributed by atoms with van der Waals surface area (Å²) in [6.45, 7) is 3.30. The third-order valence-corrected chi connectivity index (χ3v) is 7.97. The molecule has 0 radical (unpaired) electrons. The Labute approximate surface area is 234 Å². The highest BCUT2D eigenvalue weighted by Gasteiger charge is 2.43. The number of hydrogen-bond acceptors (Lipinski definition) is 6. The van der Waals surface area contributed by atoms with Crippen molar-refractivity contribution in [2.24, 2.45) is 0 Å². The zero-order valence-corrected chi connectivity index (χ0v) is 23.0. The number of carbonyl (C=O) groups excluding carboxylic acids is 2. The minimum atomic E-state index is -5.06. The smallest absolute Gasteiger partial charge is 0.328 e. The van der Waals surface area contributed by atoms with E-state index in [1.54, 1.807) is 123 Å². The van der Waals surface area contributed by atoms with Gasteiger partial charge >= 0.3 is 11.9 Å². The van der Waals surface area contributed by atoms with Crippen LogP contribution in [0.15, 0.2) is 121 Å². The van der Waals surface area contributed by atoms with Gasteiger partial charge < -0.3 is 9.47 Å². The van der Waals surface area contributed by atoms with E-state index in [-0.39, 0.29) is 0 Å². The van der Waals surface area contributed by atoms with E-state index in [1.807, 2.05) is 12.1 Å². The predicted molar refractivity (Wildman–Crippen MR) is 151 cm³/mol. The molecule has 0 heterocycles. The van der Waals surface area contributed by atoms with Gasteiger partial charge in [0.1, 0.15) is 0 Å². The number of hydrogen-bond donors (Lipinski definition) is 1. The van der Waals surface area contributed by atoms with Gasteiger partial charge in [-0.2, -0.15) is 8.42 Å². The molecule has 8 heteroatoms. The van der Waals surface area contributed by atoms with Gasteiger partial charge in [0.05, 0.1) is 6.42 Å². The molecule has 1 atom stereocenters. The first-order chi connectivity index (χ1) is 19.0. The Kier molecular flexibility index (Phi) is 8.52. The summed E-state index contributed by atoms with van der Waals surface area (Å²) in [5, 5.41) is -2.21. The molecule has 0 fully saturated rings. The summed E-state index contributed by atoms with van der Waals surface area (Å²) >= 11 is 0. The first-order valence-electron chi connectivity index (χ1n) is 12.7. The second kappa shape index (κ2) is 11.9. The summed E-state index contributed by atoms with van der Waals surface area (Å²) in [7, 11) is -5.06. The van der Waals surface area contributed by atoms with Gasteiger partial charge in [0.25, 0.3) is 10.1 Å². The summed E-state index contributed by atoms with van der Waals surface area (Å²) in [6.07, 6.45) is -0.952. The topological polar surface area (TPSA) is 107 Å². The van der Waals surface area contributed by atoms with Crippen LogP contribution in [0.25, 0.3) is 0 Å². The van der Waals surface area contributed by atoms with Gasteiger partial charge in [-0.1, -0.05) is 121 Å². The van der Waals surface area contributed by atoms with Crippen LogP contribution in [0.3, 0.4) is 0 Å². The molecular formula is C32H30O7S. The maximum absolute atomic E-state index is 13.4. The Morgan fingerprint density at radius 3 is 1.23 bits per heavy atom. The average Bonchev–Trinajstić information content (AvgIpc) is 2.97. The van der Waals surface area contributed by atoms with Gasteiger partial charge in [-0.15, -0.1) is 0 Å². The van der Waals surface area contributed by atoms with E-state index in [0.717, 1.165) is 0 Å². The lowest BCUT2D eigenvalue weighted by molar-refractivity contribution is -0.162. The van der Waals surface area contributed by atoms with Crippen molar-refractivity contribution in [3.63, 3.8) is 0 Å². The van der Waals surface area contributed by atoms with Crippen LogP contribution < -0.4 is 0 Å². The second-order valence-electron chi connectivity index (χ2n) is 9.63. The van der Waals surface area contributed by atoms with Crippen molar-refractivity contribution >= 4 is 22.1 Å². The molecule has 4 aromatic rings. The van der Waals surface area contributed by atoms with Crippen molar-refractivity contribution in [3.8, 4) is 0 Å². The van der Waals surface area contributed by atoms with E-state index in [0.29, 0.717) is 22.3 Å². The summed E-state index contributed by atoms with van der Waals surface area (Å²) in [5.74, 6) is -2.29. The molecular weight excluding hydrogens is 528 g/mol. The molecule has 0 aliphatic carbocycles. The van der Waals surface area contributed by atoms with Crippen LogP contribution in [0.1, 0.15) is 42.5 Å². The van der Waals surface area contributed by atoms with Crippen molar-refractivity contribution in [2.45, 2.75) is 36.7 Å². The predicted octanol–water partition coefficient (Wildman–Crippen LogP) is 5.65. The lowest BCUT2D eigenvalue weighted by atomic mass is 9.87. The van der Waals surface area contributed by atoms with Gasteiger partial charge in [-0.3, -0.25) is 14.1 Å². The van der Waals surface area contributed by atoms with E-state index in [9.17, 15) is 22.6 Å². The van der Waals surface area contributed by atoms with Crippen LogP contribution in [0.2, 0.25) is 0 Å². The molecule has 1 N–H and O–H groups in total. The number of carbonyl (C=O) groups is 2. The standard InChI is InChI=1S/C32H30O7S/c1-31(24-15-7-3-8-16-24,25-17-9-4-10-18-25)38-29(33)23-28(40(35,36)37)30(34)39-32(2,26-19-11-5-12-20-26)27-21-13-6-14-22-27/h3-22,28H,23H2,1-2H3,(H,35,36,37). The van der Waals surface area contributed by atoms with Crippen LogP contribution >= 0.6 is 0 Å². The molecule has 1 unspecified atom stereocenters. The summed E-state index contributed by atoms with van der Waals surface area (Å²) in [6, 6.07) is 35.5. The molecule has 0 aromatic heterocycles. The molecule has 0 spiro atoms. The monoisotopic (exact) mass is 558 g/mol. The molecule has 0 saturated heterocycles. The zero-order chi connectivity index (χ0) is 28.8. The Morgan fingerprint density at radius 2 is 0.925 bits per heavy atom. The van der Waals surface area contributed by atoms with Crippen LogP contribution in [0, 0.1) is 0 Å². The highest BCUT2D eigenvalue weighted by molar-refractivity contribution is 7.87. The molecule has 0 amide bonds. The Balaban J connectivity index is 1.64. The van der Waals surface area contributed by atoms with Gasteiger partial charge in [0, 0.05) is 0 Å². The first kappa shape index (κ1) is 28.7. The summed E-state index contributed by atoms with van der Waals surface area (Å²) in [5.41, 5.74) is -0.272. The number of rotatable bonds is 10. The van der Waals surface area contributed by atoms with Crippen LogP contribution in [-0.2, 0) is 40.4 Å². The fourth-order valence-corrected chi connectivity index (χ4v) is 5.23. The van der Waals surface area contributed by atoms with Crippen LogP contribution in [0.4, 0.5) is 0 Å². The zero-order valence-electron chi connectivity index (χ0n) is 22.1. The van der Waals surface area contributed by atoms with Crippen LogP contribution in [-0.4, -0.2) is 30.2 Å². The average molecular weight is 559 g/mol. The van der Waals surface area contributed by atoms with Crippen molar-refractivity contribution in [1.29, 1.82) is 0 Å². The molecule has 0 aliphatic rings. The molecule has 0 saturated carbocycles.